The number of hydrogen-bond acceptors (Lipinski definition) is 2. The van der Waals surface area contributed by atoms with Gasteiger partial charge in [-0.1, -0.05) is 37.1 Å². The van der Waals surface area contributed by atoms with E-state index in [1.54, 1.807) is 4.68 Å². The number of aromatic hydroxyl groups is 1. The minimum Gasteiger partial charge on any atom is -0.504 e. The average Bonchev–Trinajstić information content (AvgIpc) is 2.62. The van der Waals surface area contributed by atoms with E-state index in [4.69, 9.17) is 0 Å². The zero-order valence-electron chi connectivity index (χ0n) is 11.3. The smallest absolute Gasteiger partial charge is 0.164 e. The maximum Gasteiger partial charge on any atom is 0.164 e. The number of aromatic nitrogens is 2. The van der Waals surface area contributed by atoms with Gasteiger partial charge < -0.3 is 5.11 Å². The molecule has 3 nitrogen and oxygen atoms in total. The van der Waals surface area contributed by atoms with Gasteiger partial charge in [0, 0.05) is 12.6 Å². The van der Waals surface area contributed by atoms with Crippen molar-refractivity contribution in [3.8, 4) is 17.0 Å². The van der Waals surface area contributed by atoms with E-state index in [9.17, 15) is 5.11 Å². The third-order valence-corrected chi connectivity index (χ3v) is 3.15. The summed E-state index contributed by atoms with van der Waals surface area (Å²) in [4.78, 5) is 0. The summed E-state index contributed by atoms with van der Waals surface area (Å²) in [7, 11) is 1.88. The summed E-state index contributed by atoms with van der Waals surface area (Å²) in [5.41, 5.74) is 3.81. The zero-order chi connectivity index (χ0) is 13.1. The first kappa shape index (κ1) is 12.7. The Balaban J connectivity index is 2.42. The highest BCUT2D eigenvalue weighted by molar-refractivity contribution is 5.68. The first-order valence-corrected chi connectivity index (χ1v) is 6.45. The minimum atomic E-state index is 0.330. The summed E-state index contributed by atoms with van der Waals surface area (Å²) in [6.45, 7) is 4.19. The van der Waals surface area contributed by atoms with Crippen LogP contribution in [0.1, 0.15) is 31.0 Å². The fraction of sp³-hybridized carbons (Fsp3) is 0.400. The lowest BCUT2D eigenvalue weighted by atomic mass is 10.1. The van der Waals surface area contributed by atoms with Gasteiger partial charge in [-0.3, -0.25) is 4.68 Å². The van der Waals surface area contributed by atoms with E-state index in [1.165, 1.54) is 5.56 Å². The largest absolute Gasteiger partial charge is 0.504 e. The molecule has 0 saturated carbocycles. The topological polar surface area (TPSA) is 38.0 Å². The van der Waals surface area contributed by atoms with Crippen LogP contribution in [0, 0.1) is 6.92 Å². The van der Waals surface area contributed by atoms with Gasteiger partial charge in [0.25, 0.3) is 0 Å². The summed E-state index contributed by atoms with van der Waals surface area (Å²) < 4.78 is 1.77. The fourth-order valence-electron chi connectivity index (χ4n) is 2.20. The summed E-state index contributed by atoms with van der Waals surface area (Å²) >= 11 is 0. The first-order valence-electron chi connectivity index (χ1n) is 6.45. The third-order valence-electron chi connectivity index (χ3n) is 3.15. The Morgan fingerprint density at radius 1 is 1.33 bits per heavy atom. The molecule has 1 heterocycles. The zero-order valence-corrected chi connectivity index (χ0v) is 11.3. The Hall–Kier alpha value is -1.77. The molecule has 0 bridgehead atoms. The van der Waals surface area contributed by atoms with Crippen molar-refractivity contribution < 1.29 is 5.11 Å². The van der Waals surface area contributed by atoms with E-state index >= 15 is 0 Å². The Bertz CT molecular complexity index is 543. The Morgan fingerprint density at radius 2 is 2.11 bits per heavy atom. The van der Waals surface area contributed by atoms with Gasteiger partial charge in [-0.15, -0.1) is 0 Å². The predicted octanol–water partition coefficient (Wildman–Crippen LogP) is 3.44. The molecular weight excluding hydrogens is 224 g/mol. The van der Waals surface area contributed by atoms with Gasteiger partial charge in [0.15, 0.2) is 5.75 Å². The van der Waals surface area contributed by atoms with Gasteiger partial charge in [0.1, 0.15) is 11.4 Å². The van der Waals surface area contributed by atoms with Crippen molar-refractivity contribution in [3.63, 3.8) is 0 Å². The maximum atomic E-state index is 10.3. The van der Waals surface area contributed by atoms with Crippen LogP contribution in [0.4, 0.5) is 0 Å². The molecule has 0 atom stereocenters. The van der Waals surface area contributed by atoms with Crippen LogP contribution >= 0.6 is 0 Å². The predicted molar refractivity (Wildman–Crippen MR) is 73.7 cm³/mol. The average molecular weight is 244 g/mol. The van der Waals surface area contributed by atoms with Crippen molar-refractivity contribution >= 4 is 0 Å². The molecule has 1 aromatic carbocycles. The number of rotatable bonds is 4. The second kappa shape index (κ2) is 5.25. The molecule has 0 unspecified atom stereocenters. The molecule has 2 rings (SSSR count). The quantitative estimate of drug-likeness (QED) is 0.894. The molecule has 2 aromatic rings. The van der Waals surface area contributed by atoms with Crippen LogP contribution in [-0.4, -0.2) is 14.9 Å². The molecule has 1 aromatic heterocycles. The van der Waals surface area contributed by atoms with E-state index in [2.05, 4.69) is 31.1 Å². The molecule has 0 saturated heterocycles. The standard InChI is InChI=1S/C15H20N2O/c1-4-5-9-13-15(18)14(17(3)16-13)12-8-6-7-11(2)10-12/h6-8,10,18H,4-5,9H2,1-3H3. The first-order chi connectivity index (χ1) is 8.63. The number of nitrogens with zero attached hydrogens (tertiary/aromatic N) is 2. The Labute approximate surface area is 108 Å². The van der Waals surface area contributed by atoms with E-state index < -0.39 is 0 Å². The van der Waals surface area contributed by atoms with Gasteiger partial charge in [0.05, 0.1) is 0 Å². The number of benzene rings is 1. The monoisotopic (exact) mass is 244 g/mol. The van der Waals surface area contributed by atoms with Crippen molar-refractivity contribution in [2.45, 2.75) is 33.1 Å². The normalized spacial score (nSPS) is 10.8. The summed E-state index contributed by atoms with van der Waals surface area (Å²) in [6.07, 6.45) is 3.00. The van der Waals surface area contributed by atoms with Crippen molar-refractivity contribution in [3.05, 3.63) is 35.5 Å². The summed E-state index contributed by atoms with van der Waals surface area (Å²) in [6, 6.07) is 8.13. The SMILES string of the molecule is CCCCc1nn(C)c(-c2cccc(C)c2)c1O. The molecule has 18 heavy (non-hydrogen) atoms. The van der Waals surface area contributed by atoms with Crippen LogP contribution in [0.2, 0.25) is 0 Å². The van der Waals surface area contributed by atoms with Crippen LogP contribution in [0.3, 0.4) is 0 Å². The fourth-order valence-corrected chi connectivity index (χ4v) is 2.20. The molecule has 0 amide bonds. The lowest BCUT2D eigenvalue weighted by Crippen LogP contribution is -1.94. The molecule has 1 N–H and O–H groups in total. The highest BCUT2D eigenvalue weighted by atomic mass is 16.3. The molecule has 0 spiro atoms. The van der Waals surface area contributed by atoms with E-state index in [1.807, 2.05) is 19.2 Å². The van der Waals surface area contributed by atoms with Crippen LogP contribution in [-0.2, 0) is 13.5 Å². The van der Waals surface area contributed by atoms with Gasteiger partial charge in [-0.25, -0.2) is 0 Å². The minimum absolute atomic E-state index is 0.330. The Morgan fingerprint density at radius 3 is 2.78 bits per heavy atom. The highest BCUT2D eigenvalue weighted by Gasteiger charge is 2.16. The van der Waals surface area contributed by atoms with Crippen LogP contribution in [0.25, 0.3) is 11.3 Å². The summed E-state index contributed by atoms with van der Waals surface area (Å²) in [5.74, 6) is 0.330. The Kier molecular flexibility index (Phi) is 3.70. The van der Waals surface area contributed by atoms with E-state index in [0.29, 0.717) is 5.75 Å². The van der Waals surface area contributed by atoms with Gasteiger partial charge in [-0.05, 0) is 25.8 Å². The van der Waals surface area contributed by atoms with Gasteiger partial charge >= 0.3 is 0 Å². The third kappa shape index (κ3) is 2.40. The van der Waals surface area contributed by atoms with Crippen LogP contribution < -0.4 is 0 Å². The molecule has 0 aliphatic carbocycles. The molecule has 0 fully saturated rings. The second-order valence-corrected chi connectivity index (χ2v) is 4.74. The van der Waals surface area contributed by atoms with Crippen molar-refractivity contribution in [1.29, 1.82) is 0 Å². The van der Waals surface area contributed by atoms with Crippen molar-refractivity contribution in [1.82, 2.24) is 9.78 Å². The van der Waals surface area contributed by atoms with Crippen LogP contribution in [0.15, 0.2) is 24.3 Å². The lowest BCUT2D eigenvalue weighted by molar-refractivity contribution is 0.468. The molecular formula is C15H20N2O. The molecule has 3 heteroatoms. The van der Waals surface area contributed by atoms with Gasteiger partial charge in [0.2, 0.25) is 0 Å². The maximum absolute atomic E-state index is 10.3. The van der Waals surface area contributed by atoms with E-state index in [0.717, 1.165) is 36.2 Å². The molecule has 0 aliphatic heterocycles. The number of aryl methyl sites for hydroxylation is 3. The van der Waals surface area contributed by atoms with Crippen molar-refractivity contribution in [2.75, 3.05) is 0 Å². The lowest BCUT2D eigenvalue weighted by Gasteiger charge is -2.03. The second-order valence-electron chi connectivity index (χ2n) is 4.74. The molecule has 96 valence electrons. The van der Waals surface area contributed by atoms with Crippen LogP contribution in [0.5, 0.6) is 5.75 Å². The molecule has 0 aliphatic rings. The highest BCUT2D eigenvalue weighted by Crippen LogP contribution is 2.32. The summed E-state index contributed by atoms with van der Waals surface area (Å²) in [5, 5.41) is 14.7. The number of unbranched alkanes of at least 4 members (excludes halogenated alkanes) is 1. The van der Waals surface area contributed by atoms with Crippen molar-refractivity contribution in [2.24, 2.45) is 7.05 Å². The molecule has 0 radical (unpaired) electrons. The van der Waals surface area contributed by atoms with E-state index in [-0.39, 0.29) is 0 Å². The number of hydrogen-bond donors (Lipinski definition) is 1. The van der Waals surface area contributed by atoms with Gasteiger partial charge in [-0.2, -0.15) is 5.10 Å².